The Bertz CT molecular complexity index is 580. The zero-order valence-electron chi connectivity index (χ0n) is 14.7. The van der Waals surface area contributed by atoms with Gasteiger partial charge in [0.1, 0.15) is 17.1 Å². The second-order valence-electron chi connectivity index (χ2n) is 6.17. The van der Waals surface area contributed by atoms with Crippen molar-refractivity contribution in [3.05, 3.63) is 23.4 Å². The van der Waals surface area contributed by atoms with E-state index in [1.807, 2.05) is 46.8 Å². The van der Waals surface area contributed by atoms with E-state index in [2.05, 4.69) is 23.8 Å². The normalized spacial score (nSPS) is 19.8. The van der Waals surface area contributed by atoms with E-state index < -0.39 is 11.7 Å². The van der Waals surface area contributed by atoms with E-state index in [-0.39, 0.29) is 6.04 Å². The van der Waals surface area contributed by atoms with Crippen LogP contribution in [0.1, 0.15) is 54.9 Å². The molecular weight excluding hydrogens is 276 g/mol. The maximum absolute atomic E-state index is 12.6. The van der Waals surface area contributed by atoms with E-state index in [1.165, 1.54) is 4.90 Å². The van der Waals surface area contributed by atoms with Gasteiger partial charge < -0.3 is 4.74 Å². The summed E-state index contributed by atoms with van der Waals surface area (Å²) in [7, 11) is 0. The van der Waals surface area contributed by atoms with Crippen LogP contribution in [0.25, 0.3) is 0 Å². The van der Waals surface area contributed by atoms with Crippen molar-refractivity contribution >= 4 is 11.9 Å². The highest BCUT2D eigenvalue weighted by Crippen LogP contribution is 2.25. The number of allylic oxidation sites excluding steroid dienone is 2. The monoisotopic (exact) mass is 302 g/mol. The van der Waals surface area contributed by atoms with Gasteiger partial charge in [0.25, 0.3) is 0 Å². The highest BCUT2D eigenvalue weighted by Gasteiger charge is 2.34. The van der Waals surface area contributed by atoms with E-state index in [9.17, 15) is 4.79 Å². The molecule has 0 fully saturated rings. The van der Waals surface area contributed by atoms with Crippen LogP contribution in [0.5, 0.6) is 0 Å². The summed E-state index contributed by atoms with van der Waals surface area (Å²) >= 11 is 0. The number of carbonyl (C=O) groups is 1. The average Bonchev–Trinajstić information content (AvgIpc) is 2.74. The summed E-state index contributed by atoms with van der Waals surface area (Å²) in [6.45, 7) is 13.3. The molecule has 1 rings (SSSR count). The zero-order valence-corrected chi connectivity index (χ0v) is 14.7. The van der Waals surface area contributed by atoms with Gasteiger partial charge in [-0.05, 0) is 60.0 Å². The molecule has 0 radical (unpaired) electrons. The molecule has 0 saturated heterocycles. The highest BCUT2D eigenvalue weighted by molar-refractivity contribution is 6.13. The summed E-state index contributed by atoms with van der Waals surface area (Å²) < 4.78 is 5.51. The number of nitrogens with zero attached hydrogens (tertiary/aromatic N) is 2. The third kappa shape index (κ3) is 4.49. The fourth-order valence-corrected chi connectivity index (χ4v) is 1.88. The predicted molar refractivity (Wildman–Crippen MR) is 90.6 cm³/mol. The van der Waals surface area contributed by atoms with Crippen LogP contribution in [0.3, 0.4) is 0 Å². The molecule has 22 heavy (non-hydrogen) atoms. The van der Waals surface area contributed by atoms with Gasteiger partial charge in [0, 0.05) is 11.6 Å². The van der Waals surface area contributed by atoms with E-state index in [0.717, 1.165) is 12.0 Å². The number of amides is 1. The lowest BCUT2D eigenvalue weighted by Gasteiger charge is -2.25. The zero-order chi connectivity index (χ0) is 16.9. The molecule has 1 amide bonds. The number of hydrogen-bond acceptors (Lipinski definition) is 3. The quantitative estimate of drug-likeness (QED) is 0.714. The van der Waals surface area contributed by atoms with Crippen molar-refractivity contribution < 1.29 is 9.53 Å². The van der Waals surface area contributed by atoms with Crippen LogP contribution in [0.2, 0.25) is 0 Å². The highest BCUT2D eigenvalue weighted by atomic mass is 16.6. The fourth-order valence-electron chi connectivity index (χ4n) is 1.88. The van der Waals surface area contributed by atoms with Crippen LogP contribution in [0, 0.1) is 11.8 Å². The summed E-state index contributed by atoms with van der Waals surface area (Å²) in [5.74, 6) is 6.42. The molecule has 1 unspecified atom stereocenters. The lowest BCUT2D eigenvalue weighted by Crippen LogP contribution is -2.38. The number of hydrogen-bond donors (Lipinski definition) is 0. The molecule has 4 heteroatoms. The number of amidine groups is 1. The van der Waals surface area contributed by atoms with E-state index >= 15 is 0 Å². The SMILES string of the molecule is CC#CC1=CC(=C/C)/C(=N\C(C)CC)N1C(=O)OC(C)(C)C. The first-order valence-corrected chi connectivity index (χ1v) is 7.65. The first-order chi connectivity index (χ1) is 10.2. The van der Waals surface area contributed by atoms with Gasteiger partial charge in [0.15, 0.2) is 0 Å². The van der Waals surface area contributed by atoms with Crippen molar-refractivity contribution in [2.45, 2.75) is 66.5 Å². The molecule has 1 aliphatic rings. The summed E-state index contributed by atoms with van der Waals surface area (Å²) in [6.07, 6.45) is 4.27. The smallest absolute Gasteiger partial charge is 0.421 e. The Hall–Kier alpha value is -2.02. The Labute approximate surface area is 133 Å². The maximum atomic E-state index is 12.6. The second kappa shape index (κ2) is 7.31. The Morgan fingerprint density at radius 3 is 2.59 bits per heavy atom. The van der Waals surface area contributed by atoms with Gasteiger partial charge in [0.2, 0.25) is 0 Å². The average molecular weight is 302 g/mol. The van der Waals surface area contributed by atoms with Gasteiger partial charge in [-0.2, -0.15) is 0 Å². The molecule has 0 aliphatic carbocycles. The van der Waals surface area contributed by atoms with Crippen LogP contribution in [-0.2, 0) is 4.74 Å². The predicted octanol–water partition coefficient (Wildman–Crippen LogP) is 4.29. The first-order valence-electron chi connectivity index (χ1n) is 7.65. The molecule has 120 valence electrons. The van der Waals surface area contributed by atoms with E-state index in [1.54, 1.807) is 6.92 Å². The van der Waals surface area contributed by atoms with Crippen molar-refractivity contribution in [2.24, 2.45) is 4.99 Å². The Morgan fingerprint density at radius 2 is 2.14 bits per heavy atom. The third-order valence-electron chi connectivity index (χ3n) is 3.08. The topological polar surface area (TPSA) is 41.9 Å². The summed E-state index contributed by atoms with van der Waals surface area (Å²) in [5, 5.41) is 0. The molecule has 4 nitrogen and oxygen atoms in total. The largest absolute Gasteiger partial charge is 0.443 e. The molecule has 0 saturated carbocycles. The number of ether oxygens (including phenoxy) is 1. The Kier molecular flexibility index (Phi) is 5.99. The van der Waals surface area contributed by atoms with Crippen molar-refractivity contribution in [3.8, 4) is 11.8 Å². The van der Waals surface area contributed by atoms with Crippen LogP contribution in [-0.4, -0.2) is 28.5 Å². The van der Waals surface area contributed by atoms with Gasteiger partial charge in [-0.3, -0.25) is 4.99 Å². The Morgan fingerprint density at radius 1 is 1.50 bits per heavy atom. The molecular formula is C18H26N2O2. The summed E-state index contributed by atoms with van der Waals surface area (Å²) in [4.78, 5) is 18.7. The lowest BCUT2D eigenvalue weighted by molar-refractivity contribution is 0.0421. The molecule has 1 aliphatic heterocycles. The van der Waals surface area contributed by atoms with Gasteiger partial charge in [-0.1, -0.05) is 18.9 Å². The summed E-state index contributed by atoms with van der Waals surface area (Å²) in [6, 6.07) is 0.122. The van der Waals surface area contributed by atoms with Crippen molar-refractivity contribution in [1.82, 2.24) is 4.90 Å². The van der Waals surface area contributed by atoms with Crippen LogP contribution in [0.4, 0.5) is 4.79 Å². The molecule has 0 bridgehead atoms. The summed E-state index contributed by atoms with van der Waals surface area (Å²) in [5.41, 5.74) is 0.929. The minimum absolute atomic E-state index is 0.122. The molecule has 0 aromatic rings. The van der Waals surface area contributed by atoms with Gasteiger partial charge >= 0.3 is 6.09 Å². The molecule has 0 spiro atoms. The molecule has 0 aromatic carbocycles. The van der Waals surface area contributed by atoms with Gasteiger partial charge in [0.05, 0.1) is 0 Å². The van der Waals surface area contributed by atoms with E-state index in [4.69, 9.17) is 4.74 Å². The van der Waals surface area contributed by atoms with Gasteiger partial charge in [-0.25, -0.2) is 9.69 Å². The fraction of sp³-hybridized carbons (Fsp3) is 0.556. The maximum Gasteiger partial charge on any atom is 0.421 e. The van der Waals surface area contributed by atoms with Gasteiger partial charge in [-0.15, -0.1) is 0 Å². The standard InChI is InChI=1S/C18H26N2O2/c1-8-11-15-12-14(10-3)16(19-13(4)9-2)20(15)17(21)22-18(5,6)7/h10,12-13H,9H2,1-7H3/b14-10-,19-16+. The number of carbonyl (C=O) groups excluding carboxylic acids is 1. The van der Waals surface area contributed by atoms with Crippen LogP contribution < -0.4 is 0 Å². The van der Waals surface area contributed by atoms with Crippen LogP contribution in [0.15, 0.2) is 28.4 Å². The van der Waals surface area contributed by atoms with Crippen molar-refractivity contribution in [1.29, 1.82) is 0 Å². The third-order valence-corrected chi connectivity index (χ3v) is 3.08. The first kappa shape index (κ1) is 18.0. The molecule has 1 heterocycles. The number of aliphatic imine (C=N–C) groups is 1. The molecule has 0 N–H and O–H groups in total. The van der Waals surface area contributed by atoms with Crippen molar-refractivity contribution in [2.75, 3.05) is 0 Å². The lowest BCUT2D eigenvalue weighted by atomic mass is 10.2. The molecule has 1 atom stereocenters. The van der Waals surface area contributed by atoms with Crippen LogP contribution >= 0.6 is 0 Å². The number of rotatable bonds is 2. The Balaban J connectivity index is 3.29. The minimum atomic E-state index is -0.567. The van der Waals surface area contributed by atoms with Crippen molar-refractivity contribution in [3.63, 3.8) is 0 Å². The second-order valence-corrected chi connectivity index (χ2v) is 6.17. The van der Waals surface area contributed by atoms with E-state index in [0.29, 0.717) is 11.5 Å². The molecule has 0 aromatic heterocycles. The minimum Gasteiger partial charge on any atom is -0.443 e.